The molecule has 0 fully saturated rings. The lowest BCUT2D eigenvalue weighted by Gasteiger charge is -2.12. The molecule has 16 heavy (non-hydrogen) atoms. The molecule has 4 nitrogen and oxygen atoms in total. The molecule has 0 aromatic carbocycles. The van der Waals surface area contributed by atoms with E-state index in [4.69, 9.17) is 4.74 Å². The SMILES string of the molecule is COCCNC(=O)CNC(C)c1ccsc1. The number of hydrogen-bond donors (Lipinski definition) is 2. The van der Waals surface area contributed by atoms with Gasteiger partial charge in [-0.3, -0.25) is 4.79 Å². The highest BCUT2D eigenvalue weighted by Gasteiger charge is 2.07. The molecule has 0 saturated heterocycles. The second-order valence-corrected chi connectivity index (χ2v) is 4.28. The lowest BCUT2D eigenvalue weighted by Crippen LogP contribution is -2.36. The number of hydrogen-bond acceptors (Lipinski definition) is 4. The molecule has 0 aliphatic carbocycles. The summed E-state index contributed by atoms with van der Waals surface area (Å²) in [5.74, 6) is -0.000806. The molecule has 1 aromatic rings. The van der Waals surface area contributed by atoms with Gasteiger partial charge in [0, 0.05) is 19.7 Å². The Morgan fingerprint density at radius 1 is 1.62 bits per heavy atom. The quantitative estimate of drug-likeness (QED) is 0.706. The topological polar surface area (TPSA) is 50.4 Å². The number of methoxy groups -OCH3 is 1. The van der Waals surface area contributed by atoms with E-state index < -0.39 is 0 Å². The summed E-state index contributed by atoms with van der Waals surface area (Å²) in [7, 11) is 1.61. The average Bonchev–Trinajstić information content (AvgIpc) is 2.79. The molecule has 5 heteroatoms. The lowest BCUT2D eigenvalue weighted by molar-refractivity contribution is -0.120. The van der Waals surface area contributed by atoms with Gasteiger partial charge in [0.05, 0.1) is 13.2 Å². The first-order chi connectivity index (χ1) is 7.74. The van der Waals surface area contributed by atoms with Crippen LogP contribution in [0.1, 0.15) is 18.5 Å². The van der Waals surface area contributed by atoms with Crippen molar-refractivity contribution in [2.24, 2.45) is 0 Å². The van der Waals surface area contributed by atoms with Crippen LogP contribution in [-0.2, 0) is 9.53 Å². The Labute approximate surface area is 100 Å². The molecule has 0 bridgehead atoms. The van der Waals surface area contributed by atoms with Crippen molar-refractivity contribution >= 4 is 17.2 Å². The summed E-state index contributed by atoms with van der Waals surface area (Å²) in [5, 5.41) is 10.0. The van der Waals surface area contributed by atoms with Crippen molar-refractivity contribution in [3.63, 3.8) is 0 Å². The van der Waals surface area contributed by atoms with E-state index in [9.17, 15) is 4.79 Å². The van der Waals surface area contributed by atoms with Crippen molar-refractivity contribution in [2.45, 2.75) is 13.0 Å². The fourth-order valence-corrected chi connectivity index (χ4v) is 1.99. The van der Waals surface area contributed by atoms with Crippen molar-refractivity contribution in [1.82, 2.24) is 10.6 Å². The van der Waals surface area contributed by atoms with Gasteiger partial charge in [0.25, 0.3) is 0 Å². The third-order valence-corrected chi connectivity index (χ3v) is 2.94. The lowest BCUT2D eigenvalue weighted by atomic mass is 10.2. The molecule has 1 heterocycles. The van der Waals surface area contributed by atoms with Crippen LogP contribution in [0.5, 0.6) is 0 Å². The Kier molecular flexibility index (Phi) is 6.07. The molecule has 2 N–H and O–H groups in total. The van der Waals surface area contributed by atoms with Crippen LogP contribution >= 0.6 is 11.3 Å². The van der Waals surface area contributed by atoms with Gasteiger partial charge in [-0.15, -0.1) is 0 Å². The van der Waals surface area contributed by atoms with Gasteiger partial charge in [0.2, 0.25) is 5.91 Å². The van der Waals surface area contributed by atoms with Gasteiger partial charge in [0.15, 0.2) is 0 Å². The Morgan fingerprint density at radius 2 is 2.44 bits per heavy atom. The Balaban J connectivity index is 2.16. The summed E-state index contributed by atoms with van der Waals surface area (Å²) in [5.41, 5.74) is 1.22. The minimum absolute atomic E-state index is 0.000806. The van der Waals surface area contributed by atoms with Gasteiger partial charge in [-0.2, -0.15) is 11.3 Å². The molecular formula is C11H18N2O2S. The van der Waals surface area contributed by atoms with Crippen molar-refractivity contribution in [3.8, 4) is 0 Å². The standard InChI is InChI=1S/C11H18N2O2S/c1-9(10-3-6-16-8-10)13-7-11(14)12-4-5-15-2/h3,6,8-9,13H,4-5,7H2,1-2H3,(H,12,14). The highest BCUT2D eigenvalue weighted by atomic mass is 32.1. The zero-order valence-electron chi connectivity index (χ0n) is 9.66. The smallest absolute Gasteiger partial charge is 0.234 e. The number of amides is 1. The third-order valence-electron chi connectivity index (χ3n) is 2.24. The molecule has 0 radical (unpaired) electrons. The van der Waals surface area contributed by atoms with Gasteiger partial charge in [-0.1, -0.05) is 0 Å². The molecule has 0 aliphatic heterocycles. The van der Waals surface area contributed by atoms with E-state index >= 15 is 0 Å². The second kappa shape index (κ2) is 7.38. The van der Waals surface area contributed by atoms with Crippen LogP contribution in [0.3, 0.4) is 0 Å². The van der Waals surface area contributed by atoms with Crippen molar-refractivity contribution < 1.29 is 9.53 Å². The number of rotatable bonds is 7. The first-order valence-electron chi connectivity index (χ1n) is 5.25. The van der Waals surface area contributed by atoms with Gasteiger partial charge in [0.1, 0.15) is 0 Å². The summed E-state index contributed by atoms with van der Waals surface area (Å²) < 4.78 is 4.84. The average molecular weight is 242 g/mol. The predicted molar refractivity (Wildman–Crippen MR) is 65.6 cm³/mol. The van der Waals surface area contributed by atoms with Crippen LogP contribution in [-0.4, -0.2) is 32.7 Å². The van der Waals surface area contributed by atoms with Crippen molar-refractivity contribution in [1.29, 1.82) is 0 Å². The fraction of sp³-hybridized carbons (Fsp3) is 0.545. The van der Waals surface area contributed by atoms with Gasteiger partial charge >= 0.3 is 0 Å². The highest BCUT2D eigenvalue weighted by molar-refractivity contribution is 7.07. The number of carbonyl (C=O) groups is 1. The van der Waals surface area contributed by atoms with Crippen LogP contribution in [0.15, 0.2) is 16.8 Å². The van der Waals surface area contributed by atoms with Gasteiger partial charge in [-0.25, -0.2) is 0 Å². The first kappa shape index (κ1) is 13.2. The molecule has 0 saturated carbocycles. The van der Waals surface area contributed by atoms with E-state index in [2.05, 4.69) is 22.1 Å². The Bertz CT molecular complexity index is 301. The molecule has 1 amide bonds. The zero-order valence-corrected chi connectivity index (χ0v) is 10.5. The van der Waals surface area contributed by atoms with Crippen LogP contribution in [0.25, 0.3) is 0 Å². The summed E-state index contributed by atoms with van der Waals surface area (Å²) in [6.45, 7) is 3.49. The maximum atomic E-state index is 11.4. The van der Waals surface area contributed by atoms with Crippen LogP contribution in [0.2, 0.25) is 0 Å². The molecule has 1 unspecified atom stereocenters. The Hall–Kier alpha value is -0.910. The number of carbonyl (C=O) groups excluding carboxylic acids is 1. The normalized spacial score (nSPS) is 12.4. The molecule has 1 rings (SSSR count). The van der Waals surface area contributed by atoms with Crippen LogP contribution in [0.4, 0.5) is 0 Å². The molecule has 1 aromatic heterocycles. The zero-order chi connectivity index (χ0) is 11.8. The summed E-state index contributed by atoms with van der Waals surface area (Å²) in [4.78, 5) is 11.4. The van der Waals surface area contributed by atoms with E-state index in [-0.39, 0.29) is 11.9 Å². The molecule has 0 aliphatic rings. The number of thiophene rings is 1. The maximum absolute atomic E-state index is 11.4. The minimum atomic E-state index is -0.000806. The highest BCUT2D eigenvalue weighted by Crippen LogP contribution is 2.14. The fourth-order valence-electron chi connectivity index (χ4n) is 1.24. The number of nitrogens with one attached hydrogen (secondary N) is 2. The molecule has 90 valence electrons. The van der Waals surface area contributed by atoms with E-state index in [0.29, 0.717) is 19.7 Å². The summed E-state index contributed by atoms with van der Waals surface area (Å²) in [6, 6.07) is 2.27. The van der Waals surface area contributed by atoms with E-state index in [0.717, 1.165) is 0 Å². The minimum Gasteiger partial charge on any atom is -0.383 e. The Morgan fingerprint density at radius 3 is 3.06 bits per heavy atom. The maximum Gasteiger partial charge on any atom is 0.234 e. The van der Waals surface area contributed by atoms with E-state index in [1.54, 1.807) is 18.4 Å². The van der Waals surface area contributed by atoms with Crippen molar-refractivity contribution in [3.05, 3.63) is 22.4 Å². The third kappa shape index (κ3) is 4.74. The van der Waals surface area contributed by atoms with E-state index in [1.165, 1.54) is 5.56 Å². The molecular weight excluding hydrogens is 224 g/mol. The van der Waals surface area contributed by atoms with Crippen molar-refractivity contribution in [2.75, 3.05) is 26.8 Å². The van der Waals surface area contributed by atoms with Gasteiger partial charge < -0.3 is 15.4 Å². The summed E-state index contributed by atoms with van der Waals surface area (Å²) in [6.07, 6.45) is 0. The van der Waals surface area contributed by atoms with E-state index in [1.807, 2.05) is 12.3 Å². The first-order valence-corrected chi connectivity index (χ1v) is 6.19. The van der Waals surface area contributed by atoms with Crippen LogP contribution < -0.4 is 10.6 Å². The van der Waals surface area contributed by atoms with Crippen LogP contribution in [0, 0.1) is 0 Å². The summed E-state index contributed by atoms with van der Waals surface area (Å²) >= 11 is 1.66. The second-order valence-electron chi connectivity index (χ2n) is 3.50. The molecule has 1 atom stereocenters. The number of ether oxygens (including phenoxy) is 1. The predicted octanol–water partition coefficient (Wildman–Crippen LogP) is 1.16. The van der Waals surface area contributed by atoms with Gasteiger partial charge in [-0.05, 0) is 29.3 Å². The largest absolute Gasteiger partial charge is 0.383 e. The molecule has 0 spiro atoms. The monoisotopic (exact) mass is 242 g/mol.